The lowest BCUT2D eigenvalue weighted by atomic mass is 10.0. The molecule has 5 nitrogen and oxygen atoms in total. The van der Waals surface area contributed by atoms with Gasteiger partial charge < -0.3 is 15.0 Å². The van der Waals surface area contributed by atoms with Crippen LogP contribution in [0.5, 0.6) is 5.75 Å². The van der Waals surface area contributed by atoms with E-state index in [0.717, 1.165) is 60.4 Å². The molecule has 1 atom stereocenters. The van der Waals surface area contributed by atoms with Crippen LogP contribution < -0.4 is 10.1 Å². The highest BCUT2D eigenvalue weighted by atomic mass is 16.5. The van der Waals surface area contributed by atoms with Crippen molar-refractivity contribution < 1.29 is 9.53 Å². The van der Waals surface area contributed by atoms with Gasteiger partial charge in [-0.1, -0.05) is 32.0 Å². The number of fused-ring (bicyclic) bond motifs is 1. The van der Waals surface area contributed by atoms with Crippen molar-refractivity contribution in [1.29, 1.82) is 0 Å². The van der Waals surface area contributed by atoms with Crippen molar-refractivity contribution in [3.05, 3.63) is 60.2 Å². The summed E-state index contributed by atoms with van der Waals surface area (Å²) < 4.78 is 5.25. The standard InChI is InChI=1S/C26H33N3O2/c1-5-29(6-2)17-9-10-19(3)27-26(30)23-18-25(20-13-15-21(31-4)16-14-20)28-24-12-8-7-11-22(23)24/h7-8,11-16,18-19H,5-6,9-10,17H2,1-4H3,(H,27,30). The fourth-order valence-corrected chi connectivity index (χ4v) is 3.81. The van der Waals surface area contributed by atoms with Gasteiger partial charge >= 0.3 is 0 Å². The van der Waals surface area contributed by atoms with Crippen LogP contribution in [0.2, 0.25) is 0 Å². The van der Waals surface area contributed by atoms with Crippen LogP contribution in [0.4, 0.5) is 0 Å². The molecule has 31 heavy (non-hydrogen) atoms. The highest BCUT2D eigenvalue weighted by Gasteiger charge is 2.16. The Bertz CT molecular complexity index is 997. The monoisotopic (exact) mass is 419 g/mol. The fourth-order valence-electron chi connectivity index (χ4n) is 3.81. The Morgan fingerprint density at radius 3 is 2.48 bits per heavy atom. The van der Waals surface area contributed by atoms with E-state index in [-0.39, 0.29) is 11.9 Å². The molecule has 0 saturated heterocycles. The molecule has 3 rings (SSSR count). The lowest BCUT2D eigenvalue weighted by Gasteiger charge is -2.20. The number of amides is 1. The molecule has 164 valence electrons. The number of nitrogens with zero attached hydrogens (tertiary/aromatic N) is 2. The van der Waals surface area contributed by atoms with Gasteiger partial charge in [-0.3, -0.25) is 4.79 Å². The summed E-state index contributed by atoms with van der Waals surface area (Å²) in [6, 6.07) is 17.6. The molecule has 0 spiro atoms. The van der Waals surface area contributed by atoms with Gasteiger partial charge in [-0.25, -0.2) is 4.98 Å². The third kappa shape index (κ3) is 5.82. The van der Waals surface area contributed by atoms with Crippen molar-refractivity contribution in [2.75, 3.05) is 26.7 Å². The molecule has 0 aliphatic rings. The number of carbonyl (C=O) groups is 1. The van der Waals surface area contributed by atoms with Crippen LogP contribution in [0.3, 0.4) is 0 Å². The summed E-state index contributed by atoms with van der Waals surface area (Å²) in [4.78, 5) is 20.4. The second kappa shape index (κ2) is 10.9. The average molecular weight is 420 g/mol. The maximum atomic E-state index is 13.2. The number of carbonyl (C=O) groups excluding carboxylic acids is 1. The minimum Gasteiger partial charge on any atom is -0.497 e. The van der Waals surface area contributed by atoms with E-state index in [1.54, 1.807) is 7.11 Å². The molecule has 0 aliphatic heterocycles. The normalized spacial score (nSPS) is 12.2. The third-order valence-corrected chi connectivity index (χ3v) is 5.73. The summed E-state index contributed by atoms with van der Waals surface area (Å²) in [7, 11) is 1.65. The van der Waals surface area contributed by atoms with E-state index in [2.05, 4.69) is 31.0 Å². The predicted octanol–water partition coefficient (Wildman–Crippen LogP) is 5.15. The Hall–Kier alpha value is -2.92. The molecule has 0 radical (unpaired) electrons. The molecule has 1 amide bonds. The largest absolute Gasteiger partial charge is 0.497 e. The van der Waals surface area contributed by atoms with Crippen LogP contribution in [0, 0.1) is 0 Å². The fraction of sp³-hybridized carbons (Fsp3) is 0.385. The summed E-state index contributed by atoms with van der Waals surface area (Å²) >= 11 is 0. The van der Waals surface area contributed by atoms with E-state index in [9.17, 15) is 4.79 Å². The van der Waals surface area contributed by atoms with Crippen molar-refractivity contribution in [2.45, 2.75) is 39.7 Å². The zero-order valence-electron chi connectivity index (χ0n) is 19.0. The number of hydrogen-bond acceptors (Lipinski definition) is 4. The third-order valence-electron chi connectivity index (χ3n) is 5.73. The molecular formula is C26H33N3O2. The number of hydrogen-bond donors (Lipinski definition) is 1. The summed E-state index contributed by atoms with van der Waals surface area (Å²) in [5.74, 6) is 0.741. The molecule has 1 aromatic heterocycles. The van der Waals surface area contributed by atoms with Gasteiger partial charge in [0.25, 0.3) is 5.91 Å². The Labute approximate surface area is 185 Å². The van der Waals surface area contributed by atoms with E-state index in [4.69, 9.17) is 9.72 Å². The van der Waals surface area contributed by atoms with Crippen LogP contribution in [0.25, 0.3) is 22.2 Å². The van der Waals surface area contributed by atoms with Gasteiger partial charge in [-0.05, 0) is 75.8 Å². The Balaban J connectivity index is 1.80. The quantitative estimate of drug-likeness (QED) is 0.494. The number of pyridine rings is 1. The second-order valence-corrected chi connectivity index (χ2v) is 7.84. The first-order valence-corrected chi connectivity index (χ1v) is 11.1. The maximum absolute atomic E-state index is 13.2. The van der Waals surface area contributed by atoms with Crippen molar-refractivity contribution in [3.8, 4) is 17.0 Å². The van der Waals surface area contributed by atoms with Crippen LogP contribution in [-0.4, -0.2) is 48.6 Å². The highest BCUT2D eigenvalue weighted by molar-refractivity contribution is 6.07. The number of nitrogens with one attached hydrogen (secondary N) is 1. The Kier molecular flexibility index (Phi) is 8.01. The molecule has 1 unspecified atom stereocenters. The molecule has 2 aromatic carbocycles. The van der Waals surface area contributed by atoms with E-state index >= 15 is 0 Å². The average Bonchev–Trinajstić information content (AvgIpc) is 2.81. The minimum atomic E-state index is -0.0521. The molecule has 1 heterocycles. The molecule has 5 heteroatoms. The van der Waals surface area contributed by atoms with Gasteiger partial charge in [-0.15, -0.1) is 0 Å². The number of benzene rings is 2. The topological polar surface area (TPSA) is 54.5 Å². The van der Waals surface area contributed by atoms with Crippen molar-refractivity contribution in [3.63, 3.8) is 0 Å². The minimum absolute atomic E-state index is 0.0521. The lowest BCUT2D eigenvalue weighted by molar-refractivity contribution is 0.0939. The smallest absolute Gasteiger partial charge is 0.252 e. The molecule has 0 bridgehead atoms. The number of aromatic nitrogens is 1. The van der Waals surface area contributed by atoms with Gasteiger partial charge in [0, 0.05) is 17.0 Å². The van der Waals surface area contributed by atoms with Crippen LogP contribution in [-0.2, 0) is 0 Å². The predicted molar refractivity (Wildman–Crippen MR) is 128 cm³/mol. The SMILES string of the molecule is CCN(CC)CCCC(C)NC(=O)c1cc(-c2ccc(OC)cc2)nc2ccccc12. The van der Waals surface area contributed by atoms with Crippen molar-refractivity contribution in [1.82, 2.24) is 15.2 Å². The maximum Gasteiger partial charge on any atom is 0.252 e. The first-order chi connectivity index (χ1) is 15.0. The Morgan fingerprint density at radius 2 is 1.81 bits per heavy atom. The molecule has 1 N–H and O–H groups in total. The van der Waals surface area contributed by atoms with E-state index < -0.39 is 0 Å². The number of para-hydroxylation sites is 1. The first-order valence-electron chi connectivity index (χ1n) is 11.1. The van der Waals surface area contributed by atoms with Gasteiger partial charge in [0.2, 0.25) is 0 Å². The van der Waals surface area contributed by atoms with E-state index in [1.165, 1.54) is 0 Å². The Morgan fingerprint density at radius 1 is 1.10 bits per heavy atom. The van der Waals surface area contributed by atoms with Crippen LogP contribution in [0.15, 0.2) is 54.6 Å². The summed E-state index contributed by atoms with van der Waals surface area (Å²) in [5.41, 5.74) is 3.20. The molecule has 0 saturated carbocycles. The molecule has 3 aromatic rings. The number of ether oxygens (including phenoxy) is 1. The number of methoxy groups -OCH3 is 1. The van der Waals surface area contributed by atoms with Crippen LogP contribution >= 0.6 is 0 Å². The van der Waals surface area contributed by atoms with Crippen molar-refractivity contribution in [2.24, 2.45) is 0 Å². The zero-order chi connectivity index (χ0) is 22.2. The zero-order valence-corrected chi connectivity index (χ0v) is 19.0. The highest BCUT2D eigenvalue weighted by Crippen LogP contribution is 2.26. The van der Waals surface area contributed by atoms with E-state index in [1.807, 2.05) is 54.6 Å². The van der Waals surface area contributed by atoms with Gasteiger partial charge in [0.1, 0.15) is 5.75 Å². The molecule has 0 fully saturated rings. The van der Waals surface area contributed by atoms with Gasteiger partial charge in [-0.2, -0.15) is 0 Å². The van der Waals surface area contributed by atoms with Gasteiger partial charge in [0.05, 0.1) is 23.9 Å². The molecular weight excluding hydrogens is 386 g/mol. The first kappa shape index (κ1) is 22.8. The summed E-state index contributed by atoms with van der Waals surface area (Å²) in [6.07, 6.45) is 2.02. The second-order valence-electron chi connectivity index (χ2n) is 7.84. The summed E-state index contributed by atoms with van der Waals surface area (Å²) in [6.45, 7) is 9.64. The van der Waals surface area contributed by atoms with Crippen LogP contribution in [0.1, 0.15) is 44.0 Å². The van der Waals surface area contributed by atoms with E-state index in [0.29, 0.717) is 5.56 Å². The number of rotatable bonds is 10. The lowest BCUT2D eigenvalue weighted by Crippen LogP contribution is -2.33. The molecule has 0 aliphatic carbocycles. The van der Waals surface area contributed by atoms with Crippen molar-refractivity contribution >= 4 is 16.8 Å². The van der Waals surface area contributed by atoms with Gasteiger partial charge in [0.15, 0.2) is 0 Å². The summed E-state index contributed by atoms with van der Waals surface area (Å²) in [5, 5.41) is 4.06.